The van der Waals surface area contributed by atoms with Crippen LogP contribution in [0, 0.1) is 0 Å². The van der Waals surface area contributed by atoms with Crippen LogP contribution in [0.5, 0.6) is 0 Å². The zero-order valence-electron chi connectivity index (χ0n) is 10.9. The van der Waals surface area contributed by atoms with Gasteiger partial charge in [0.15, 0.2) is 0 Å². The Morgan fingerprint density at radius 1 is 1.06 bits per heavy atom. The molecule has 2 rings (SSSR count). The van der Waals surface area contributed by atoms with Gasteiger partial charge in [-0.3, -0.25) is 4.98 Å². The molecule has 3 heteroatoms. The van der Waals surface area contributed by atoms with Crippen molar-refractivity contribution in [2.75, 3.05) is 0 Å². The van der Waals surface area contributed by atoms with E-state index in [1.165, 1.54) is 11.3 Å². The van der Waals surface area contributed by atoms with Crippen molar-refractivity contribution in [2.45, 2.75) is 39.5 Å². The second-order valence-corrected chi connectivity index (χ2v) is 4.92. The Balaban J connectivity index is 2.56. The lowest BCUT2D eigenvalue weighted by Gasteiger charge is -2.14. The topological polar surface area (TPSA) is 30.7 Å². The van der Waals surface area contributed by atoms with Crippen LogP contribution in [0.25, 0.3) is 5.69 Å². The Morgan fingerprint density at radius 3 is 2.35 bits per heavy atom. The minimum Gasteiger partial charge on any atom is -0.262 e. The van der Waals surface area contributed by atoms with E-state index in [0.29, 0.717) is 11.8 Å². The Labute approximate surface area is 103 Å². The second kappa shape index (κ2) is 4.70. The number of aromatic nitrogens is 3. The zero-order valence-corrected chi connectivity index (χ0v) is 10.9. The van der Waals surface area contributed by atoms with E-state index in [1.807, 2.05) is 29.2 Å². The number of rotatable bonds is 3. The van der Waals surface area contributed by atoms with Crippen LogP contribution >= 0.6 is 0 Å². The maximum absolute atomic E-state index is 4.51. The van der Waals surface area contributed by atoms with Crippen molar-refractivity contribution in [3.63, 3.8) is 0 Å². The lowest BCUT2D eigenvalue weighted by atomic mass is 9.98. The molecule has 0 aliphatic heterocycles. The monoisotopic (exact) mass is 229 g/mol. The number of nitrogens with zero attached hydrogens (tertiary/aromatic N) is 3. The molecule has 2 aromatic heterocycles. The molecule has 0 saturated heterocycles. The van der Waals surface area contributed by atoms with Crippen LogP contribution in [0.3, 0.4) is 0 Å². The fourth-order valence-electron chi connectivity index (χ4n) is 2.08. The second-order valence-electron chi connectivity index (χ2n) is 4.92. The molecule has 0 radical (unpaired) electrons. The van der Waals surface area contributed by atoms with E-state index in [9.17, 15) is 0 Å². The molecule has 0 atom stereocenters. The standard InChI is InChI=1S/C14H19N3/c1-10(2)13-9-16-17(14(13)11(3)4)12-6-5-7-15-8-12/h5-11H,1-4H3. The van der Waals surface area contributed by atoms with E-state index in [-0.39, 0.29) is 0 Å². The first-order chi connectivity index (χ1) is 8.11. The van der Waals surface area contributed by atoms with Crippen LogP contribution in [0.4, 0.5) is 0 Å². The minimum atomic E-state index is 0.454. The molecule has 2 heterocycles. The van der Waals surface area contributed by atoms with E-state index < -0.39 is 0 Å². The molecule has 0 bridgehead atoms. The summed E-state index contributed by atoms with van der Waals surface area (Å²) in [6, 6.07) is 3.98. The molecule has 0 spiro atoms. The van der Waals surface area contributed by atoms with E-state index in [4.69, 9.17) is 0 Å². The average Bonchev–Trinajstić information content (AvgIpc) is 2.74. The van der Waals surface area contributed by atoms with Gasteiger partial charge in [0, 0.05) is 6.20 Å². The highest BCUT2D eigenvalue weighted by Crippen LogP contribution is 2.27. The highest BCUT2D eigenvalue weighted by atomic mass is 15.3. The smallest absolute Gasteiger partial charge is 0.0832 e. The average molecular weight is 229 g/mol. The third-order valence-electron chi connectivity index (χ3n) is 2.90. The normalized spacial score (nSPS) is 11.4. The number of hydrogen-bond acceptors (Lipinski definition) is 2. The summed E-state index contributed by atoms with van der Waals surface area (Å²) in [5, 5.41) is 4.51. The predicted molar refractivity (Wildman–Crippen MR) is 69.5 cm³/mol. The van der Waals surface area contributed by atoms with Gasteiger partial charge in [0.2, 0.25) is 0 Å². The summed E-state index contributed by atoms with van der Waals surface area (Å²) in [5.74, 6) is 0.952. The van der Waals surface area contributed by atoms with Crippen LogP contribution in [0.2, 0.25) is 0 Å². The van der Waals surface area contributed by atoms with E-state index in [2.05, 4.69) is 37.8 Å². The maximum Gasteiger partial charge on any atom is 0.0832 e. The highest BCUT2D eigenvalue weighted by Gasteiger charge is 2.17. The van der Waals surface area contributed by atoms with Crippen molar-refractivity contribution in [1.82, 2.24) is 14.8 Å². The van der Waals surface area contributed by atoms with Crippen molar-refractivity contribution in [3.05, 3.63) is 42.0 Å². The van der Waals surface area contributed by atoms with Gasteiger partial charge in [0.25, 0.3) is 0 Å². The van der Waals surface area contributed by atoms with E-state index in [1.54, 1.807) is 6.20 Å². The Morgan fingerprint density at radius 2 is 1.82 bits per heavy atom. The highest BCUT2D eigenvalue weighted by molar-refractivity contribution is 5.35. The van der Waals surface area contributed by atoms with Crippen molar-refractivity contribution in [3.8, 4) is 5.69 Å². The van der Waals surface area contributed by atoms with Gasteiger partial charge in [-0.1, -0.05) is 27.7 Å². The van der Waals surface area contributed by atoms with Crippen LogP contribution < -0.4 is 0 Å². The van der Waals surface area contributed by atoms with Gasteiger partial charge in [-0.05, 0) is 29.5 Å². The van der Waals surface area contributed by atoms with Gasteiger partial charge in [-0.15, -0.1) is 0 Å². The molecular formula is C14H19N3. The minimum absolute atomic E-state index is 0.454. The lowest BCUT2D eigenvalue weighted by Crippen LogP contribution is -2.06. The third kappa shape index (κ3) is 2.23. The maximum atomic E-state index is 4.51. The van der Waals surface area contributed by atoms with Crippen LogP contribution in [0.1, 0.15) is 50.8 Å². The number of pyridine rings is 1. The van der Waals surface area contributed by atoms with Crippen LogP contribution in [-0.2, 0) is 0 Å². The Bertz CT molecular complexity index is 483. The van der Waals surface area contributed by atoms with Gasteiger partial charge < -0.3 is 0 Å². The fraction of sp³-hybridized carbons (Fsp3) is 0.429. The SMILES string of the molecule is CC(C)c1cnn(-c2cccnc2)c1C(C)C. The summed E-state index contributed by atoms with van der Waals surface area (Å²) < 4.78 is 2.01. The quantitative estimate of drug-likeness (QED) is 0.806. The zero-order chi connectivity index (χ0) is 12.4. The van der Waals surface area contributed by atoms with Crippen molar-refractivity contribution in [2.24, 2.45) is 0 Å². The molecule has 0 fully saturated rings. The molecule has 0 aliphatic carbocycles. The molecule has 0 saturated carbocycles. The summed E-state index contributed by atoms with van der Waals surface area (Å²) in [7, 11) is 0. The summed E-state index contributed by atoms with van der Waals surface area (Å²) >= 11 is 0. The molecule has 2 aromatic rings. The molecule has 90 valence electrons. The van der Waals surface area contributed by atoms with Gasteiger partial charge in [-0.2, -0.15) is 5.10 Å². The molecule has 0 unspecified atom stereocenters. The molecular weight excluding hydrogens is 210 g/mol. The summed E-state index contributed by atoms with van der Waals surface area (Å²) in [4.78, 5) is 4.15. The first-order valence-electron chi connectivity index (χ1n) is 6.09. The summed E-state index contributed by atoms with van der Waals surface area (Å²) in [5.41, 5.74) is 3.64. The summed E-state index contributed by atoms with van der Waals surface area (Å²) in [6.07, 6.45) is 5.61. The fourth-order valence-corrected chi connectivity index (χ4v) is 2.08. The molecule has 0 aliphatic rings. The molecule has 3 nitrogen and oxygen atoms in total. The van der Waals surface area contributed by atoms with Gasteiger partial charge in [0.05, 0.1) is 23.8 Å². The van der Waals surface area contributed by atoms with E-state index in [0.717, 1.165) is 5.69 Å². The van der Waals surface area contributed by atoms with Crippen LogP contribution in [0.15, 0.2) is 30.7 Å². The van der Waals surface area contributed by atoms with Gasteiger partial charge in [0.1, 0.15) is 0 Å². The molecule has 0 N–H and O–H groups in total. The van der Waals surface area contributed by atoms with Crippen LogP contribution in [-0.4, -0.2) is 14.8 Å². The first-order valence-corrected chi connectivity index (χ1v) is 6.09. The summed E-state index contributed by atoms with van der Waals surface area (Å²) in [6.45, 7) is 8.82. The molecule has 0 aromatic carbocycles. The third-order valence-corrected chi connectivity index (χ3v) is 2.90. The lowest BCUT2D eigenvalue weighted by molar-refractivity contribution is 0.712. The number of hydrogen-bond donors (Lipinski definition) is 0. The van der Waals surface area contributed by atoms with Crippen molar-refractivity contribution in [1.29, 1.82) is 0 Å². The Kier molecular flexibility index (Phi) is 3.27. The van der Waals surface area contributed by atoms with Crippen molar-refractivity contribution < 1.29 is 0 Å². The first kappa shape index (κ1) is 11.8. The Hall–Kier alpha value is -1.64. The van der Waals surface area contributed by atoms with Crippen molar-refractivity contribution >= 4 is 0 Å². The molecule has 17 heavy (non-hydrogen) atoms. The largest absolute Gasteiger partial charge is 0.262 e. The van der Waals surface area contributed by atoms with Gasteiger partial charge in [-0.25, -0.2) is 4.68 Å². The van der Waals surface area contributed by atoms with E-state index >= 15 is 0 Å². The predicted octanol–water partition coefficient (Wildman–Crippen LogP) is 3.51. The van der Waals surface area contributed by atoms with Gasteiger partial charge >= 0.3 is 0 Å². The molecule has 0 amide bonds.